The molecule has 0 radical (unpaired) electrons. The van der Waals surface area contributed by atoms with E-state index in [4.69, 9.17) is 5.73 Å². The zero-order valence-corrected chi connectivity index (χ0v) is 10.7. The maximum atomic E-state index is 11.9. The van der Waals surface area contributed by atoms with Crippen LogP contribution in [0.5, 0.6) is 0 Å². The fourth-order valence-electron chi connectivity index (χ4n) is 2.19. The van der Waals surface area contributed by atoms with Crippen molar-refractivity contribution in [3.63, 3.8) is 0 Å². The fourth-order valence-corrected chi connectivity index (χ4v) is 2.19. The number of likely N-dealkylation sites (tertiary alicyclic amines) is 1. The number of amides is 1. The van der Waals surface area contributed by atoms with Crippen molar-refractivity contribution in [3.05, 3.63) is 24.0 Å². The average molecular weight is 248 g/mol. The average Bonchev–Trinajstić information content (AvgIpc) is 2.38. The highest BCUT2D eigenvalue weighted by molar-refractivity contribution is 5.96. The smallest absolute Gasteiger partial charge is 0.272 e. The van der Waals surface area contributed by atoms with E-state index in [9.17, 15) is 4.79 Å². The predicted octanol–water partition coefficient (Wildman–Crippen LogP) is 0.735. The van der Waals surface area contributed by atoms with E-state index in [0.29, 0.717) is 23.8 Å². The van der Waals surface area contributed by atoms with Crippen LogP contribution in [-0.4, -0.2) is 42.5 Å². The van der Waals surface area contributed by atoms with E-state index < -0.39 is 0 Å². The van der Waals surface area contributed by atoms with Crippen LogP contribution in [0.2, 0.25) is 0 Å². The van der Waals surface area contributed by atoms with Crippen LogP contribution in [0.15, 0.2) is 18.3 Å². The van der Waals surface area contributed by atoms with Crippen molar-refractivity contribution in [2.24, 2.45) is 5.92 Å². The topological polar surface area (TPSA) is 71.2 Å². The van der Waals surface area contributed by atoms with Gasteiger partial charge in [0.2, 0.25) is 0 Å². The van der Waals surface area contributed by atoms with Crippen LogP contribution in [0, 0.1) is 5.92 Å². The number of aromatic nitrogens is 1. The van der Waals surface area contributed by atoms with E-state index in [0.717, 1.165) is 25.9 Å². The summed E-state index contributed by atoms with van der Waals surface area (Å²) in [4.78, 5) is 18.2. The van der Waals surface area contributed by atoms with Gasteiger partial charge in [-0.2, -0.15) is 0 Å². The van der Waals surface area contributed by atoms with Crippen LogP contribution in [0.1, 0.15) is 23.3 Å². The lowest BCUT2D eigenvalue weighted by atomic mass is 9.97. The lowest BCUT2D eigenvalue weighted by Crippen LogP contribution is -2.37. The van der Waals surface area contributed by atoms with Gasteiger partial charge in [0, 0.05) is 12.7 Å². The molecule has 0 saturated carbocycles. The van der Waals surface area contributed by atoms with E-state index in [2.05, 4.69) is 22.2 Å². The van der Waals surface area contributed by atoms with Gasteiger partial charge < -0.3 is 16.0 Å². The minimum atomic E-state index is -0.174. The van der Waals surface area contributed by atoms with Crippen molar-refractivity contribution in [3.8, 4) is 0 Å². The zero-order chi connectivity index (χ0) is 13.0. The van der Waals surface area contributed by atoms with Crippen LogP contribution in [0.4, 0.5) is 5.69 Å². The molecule has 1 aliphatic heterocycles. The van der Waals surface area contributed by atoms with Gasteiger partial charge >= 0.3 is 0 Å². The zero-order valence-electron chi connectivity index (χ0n) is 10.7. The van der Waals surface area contributed by atoms with Crippen molar-refractivity contribution in [2.45, 2.75) is 12.8 Å². The number of anilines is 1. The third-order valence-corrected chi connectivity index (χ3v) is 3.44. The first-order valence-corrected chi connectivity index (χ1v) is 6.34. The summed E-state index contributed by atoms with van der Waals surface area (Å²) in [5, 5.41) is 2.92. The van der Waals surface area contributed by atoms with E-state index in [1.807, 2.05) is 0 Å². The SMILES string of the molecule is CN1CCC(CNC(=O)c2ncccc2N)CC1. The minimum Gasteiger partial charge on any atom is -0.397 e. The molecule has 1 aromatic rings. The van der Waals surface area contributed by atoms with Gasteiger partial charge in [0.25, 0.3) is 5.91 Å². The fraction of sp³-hybridized carbons (Fsp3) is 0.538. The van der Waals surface area contributed by atoms with Crippen molar-refractivity contribution in [2.75, 3.05) is 32.4 Å². The third kappa shape index (κ3) is 3.20. The Morgan fingerprint density at radius 2 is 2.28 bits per heavy atom. The second kappa shape index (κ2) is 5.82. The molecule has 2 rings (SSSR count). The second-order valence-corrected chi connectivity index (χ2v) is 4.90. The highest BCUT2D eigenvalue weighted by Gasteiger charge is 2.18. The largest absolute Gasteiger partial charge is 0.397 e. The molecular formula is C13H20N4O. The van der Waals surface area contributed by atoms with Gasteiger partial charge in [-0.3, -0.25) is 4.79 Å². The second-order valence-electron chi connectivity index (χ2n) is 4.90. The lowest BCUT2D eigenvalue weighted by molar-refractivity contribution is 0.0935. The number of nitrogens with two attached hydrogens (primary N) is 1. The lowest BCUT2D eigenvalue weighted by Gasteiger charge is -2.28. The molecule has 5 nitrogen and oxygen atoms in total. The third-order valence-electron chi connectivity index (χ3n) is 3.44. The van der Waals surface area contributed by atoms with Crippen LogP contribution in [0.3, 0.4) is 0 Å². The van der Waals surface area contributed by atoms with E-state index in [1.165, 1.54) is 0 Å². The van der Waals surface area contributed by atoms with Crippen molar-refractivity contribution in [1.29, 1.82) is 0 Å². The van der Waals surface area contributed by atoms with E-state index in [-0.39, 0.29) is 5.91 Å². The number of rotatable bonds is 3. The van der Waals surface area contributed by atoms with Gasteiger partial charge in [0.05, 0.1) is 5.69 Å². The Balaban J connectivity index is 1.84. The number of nitrogen functional groups attached to an aromatic ring is 1. The number of piperidine rings is 1. The Kier molecular flexibility index (Phi) is 4.15. The summed E-state index contributed by atoms with van der Waals surface area (Å²) in [6.45, 7) is 2.92. The molecule has 0 unspecified atom stereocenters. The molecule has 3 N–H and O–H groups in total. The Labute approximate surface area is 107 Å². The molecule has 1 saturated heterocycles. The summed E-state index contributed by atoms with van der Waals surface area (Å²) in [5.74, 6) is 0.391. The van der Waals surface area contributed by atoms with E-state index >= 15 is 0 Å². The predicted molar refractivity (Wildman–Crippen MR) is 71.2 cm³/mol. The van der Waals surface area contributed by atoms with Crippen molar-refractivity contribution >= 4 is 11.6 Å². The summed E-state index contributed by atoms with van der Waals surface area (Å²) < 4.78 is 0. The highest BCUT2D eigenvalue weighted by Crippen LogP contribution is 2.15. The molecule has 0 spiro atoms. The Morgan fingerprint density at radius 1 is 1.56 bits per heavy atom. The molecule has 0 bridgehead atoms. The van der Waals surface area contributed by atoms with Crippen LogP contribution in [0.25, 0.3) is 0 Å². The van der Waals surface area contributed by atoms with Crippen molar-refractivity contribution in [1.82, 2.24) is 15.2 Å². The number of carbonyl (C=O) groups is 1. The number of hydrogen-bond donors (Lipinski definition) is 2. The molecular weight excluding hydrogens is 228 g/mol. The first kappa shape index (κ1) is 12.8. The van der Waals surface area contributed by atoms with Gasteiger partial charge in [-0.1, -0.05) is 0 Å². The van der Waals surface area contributed by atoms with Crippen LogP contribution in [-0.2, 0) is 0 Å². The maximum Gasteiger partial charge on any atom is 0.272 e. The van der Waals surface area contributed by atoms with Crippen molar-refractivity contribution < 1.29 is 4.79 Å². The molecule has 1 amide bonds. The minimum absolute atomic E-state index is 0.174. The summed E-state index contributed by atoms with van der Waals surface area (Å²) in [7, 11) is 2.13. The van der Waals surface area contributed by atoms with Crippen LogP contribution >= 0.6 is 0 Å². The molecule has 1 fully saturated rings. The molecule has 2 heterocycles. The molecule has 5 heteroatoms. The first-order chi connectivity index (χ1) is 8.66. The van der Waals surface area contributed by atoms with Gasteiger partial charge in [-0.15, -0.1) is 0 Å². The van der Waals surface area contributed by atoms with Gasteiger partial charge in [0.1, 0.15) is 0 Å². The molecule has 0 atom stereocenters. The Morgan fingerprint density at radius 3 is 2.94 bits per heavy atom. The standard InChI is InChI=1S/C13H20N4O/c1-17-7-4-10(5-8-17)9-16-13(18)12-11(14)3-2-6-15-12/h2-3,6,10H,4-5,7-9,14H2,1H3,(H,16,18). The summed E-state index contributed by atoms with van der Waals surface area (Å²) in [5.41, 5.74) is 6.47. The molecule has 0 aromatic carbocycles. The number of nitrogens with zero attached hydrogens (tertiary/aromatic N) is 2. The number of carbonyl (C=O) groups excluding carboxylic acids is 1. The quantitative estimate of drug-likeness (QED) is 0.827. The van der Waals surface area contributed by atoms with E-state index in [1.54, 1.807) is 18.3 Å². The summed E-state index contributed by atoms with van der Waals surface area (Å²) in [6.07, 6.45) is 3.85. The summed E-state index contributed by atoms with van der Waals surface area (Å²) in [6, 6.07) is 3.42. The highest BCUT2D eigenvalue weighted by atomic mass is 16.1. The molecule has 1 aromatic heterocycles. The number of nitrogens with one attached hydrogen (secondary N) is 1. The molecule has 18 heavy (non-hydrogen) atoms. The normalized spacial score (nSPS) is 17.6. The van der Waals surface area contributed by atoms with Gasteiger partial charge in [-0.25, -0.2) is 4.98 Å². The Hall–Kier alpha value is -1.62. The molecule has 1 aliphatic rings. The van der Waals surface area contributed by atoms with Gasteiger partial charge in [-0.05, 0) is 51.0 Å². The first-order valence-electron chi connectivity index (χ1n) is 6.34. The maximum absolute atomic E-state index is 11.9. The van der Waals surface area contributed by atoms with Gasteiger partial charge in [0.15, 0.2) is 5.69 Å². The van der Waals surface area contributed by atoms with Crippen LogP contribution < -0.4 is 11.1 Å². The summed E-state index contributed by atoms with van der Waals surface area (Å²) >= 11 is 0. The molecule has 0 aliphatic carbocycles. The Bertz CT molecular complexity index is 413. The number of hydrogen-bond acceptors (Lipinski definition) is 4. The number of pyridine rings is 1. The molecule has 98 valence electrons. The monoisotopic (exact) mass is 248 g/mol.